The zero-order chi connectivity index (χ0) is 13.0. The van der Waals surface area contributed by atoms with Gasteiger partial charge in [-0.05, 0) is 18.6 Å². The van der Waals surface area contributed by atoms with Crippen LogP contribution in [-0.4, -0.2) is 41.9 Å². The predicted molar refractivity (Wildman–Crippen MR) is 67.6 cm³/mol. The molecule has 1 aromatic rings. The van der Waals surface area contributed by atoms with E-state index in [0.717, 1.165) is 18.7 Å². The fraction of sp³-hybridized carbons (Fsp3) is 0.538. The van der Waals surface area contributed by atoms with Crippen LogP contribution in [0.5, 0.6) is 0 Å². The van der Waals surface area contributed by atoms with Crippen LogP contribution in [-0.2, 0) is 9.53 Å². The van der Waals surface area contributed by atoms with E-state index in [9.17, 15) is 9.90 Å². The van der Waals surface area contributed by atoms with Crippen LogP contribution < -0.4 is 4.90 Å². The molecule has 18 heavy (non-hydrogen) atoms. The number of rotatable bonds is 5. The van der Waals surface area contributed by atoms with Crippen molar-refractivity contribution < 1.29 is 14.6 Å². The van der Waals surface area contributed by atoms with E-state index >= 15 is 0 Å². The number of carboxylic acid groups (broad SMARTS) is 1. The van der Waals surface area contributed by atoms with E-state index in [1.165, 1.54) is 0 Å². The van der Waals surface area contributed by atoms with Crippen molar-refractivity contribution in [3.63, 3.8) is 0 Å². The molecule has 1 aromatic heterocycles. The van der Waals surface area contributed by atoms with Crippen molar-refractivity contribution in [1.82, 2.24) is 4.98 Å². The van der Waals surface area contributed by atoms with Crippen molar-refractivity contribution in [2.45, 2.75) is 19.4 Å². The van der Waals surface area contributed by atoms with Crippen LogP contribution in [0.15, 0.2) is 24.5 Å². The first kappa shape index (κ1) is 12.8. The third kappa shape index (κ3) is 2.61. The van der Waals surface area contributed by atoms with Gasteiger partial charge in [-0.1, -0.05) is 6.92 Å². The standard InChI is InChI=1S/C13H18N2O3/c1-2-7-15(10-3-5-14-6-4-10)12-9-18-8-11(12)13(16)17/h3-6,11-12H,2,7-9H2,1H3,(H,16,17). The van der Waals surface area contributed by atoms with Crippen LogP contribution in [0, 0.1) is 5.92 Å². The summed E-state index contributed by atoms with van der Waals surface area (Å²) in [7, 11) is 0. The molecule has 0 saturated carbocycles. The number of ether oxygens (including phenoxy) is 1. The summed E-state index contributed by atoms with van der Waals surface area (Å²) in [5.74, 6) is -1.24. The maximum atomic E-state index is 11.2. The largest absolute Gasteiger partial charge is 0.481 e. The molecule has 98 valence electrons. The molecule has 1 aliphatic rings. The molecule has 0 aliphatic carbocycles. The van der Waals surface area contributed by atoms with Gasteiger partial charge in [0.25, 0.3) is 0 Å². The van der Waals surface area contributed by atoms with Gasteiger partial charge >= 0.3 is 5.97 Å². The van der Waals surface area contributed by atoms with Crippen molar-refractivity contribution in [2.75, 3.05) is 24.7 Å². The lowest BCUT2D eigenvalue weighted by molar-refractivity contribution is -0.141. The number of hydrogen-bond donors (Lipinski definition) is 1. The number of aliphatic carboxylic acids is 1. The molecular formula is C13H18N2O3. The van der Waals surface area contributed by atoms with Crippen molar-refractivity contribution >= 4 is 11.7 Å². The van der Waals surface area contributed by atoms with Gasteiger partial charge in [0.15, 0.2) is 0 Å². The Kier molecular flexibility index (Phi) is 4.15. The van der Waals surface area contributed by atoms with Crippen molar-refractivity contribution in [3.8, 4) is 0 Å². The van der Waals surface area contributed by atoms with E-state index in [4.69, 9.17) is 4.74 Å². The third-order valence-electron chi connectivity index (χ3n) is 3.23. The molecule has 0 amide bonds. The molecule has 1 fully saturated rings. The summed E-state index contributed by atoms with van der Waals surface area (Å²) in [5.41, 5.74) is 1.01. The first-order valence-electron chi connectivity index (χ1n) is 6.21. The van der Waals surface area contributed by atoms with E-state index < -0.39 is 11.9 Å². The van der Waals surface area contributed by atoms with Crippen LogP contribution in [0.25, 0.3) is 0 Å². The van der Waals surface area contributed by atoms with Crippen LogP contribution in [0.4, 0.5) is 5.69 Å². The predicted octanol–water partition coefficient (Wildman–Crippen LogP) is 1.40. The molecule has 2 unspecified atom stereocenters. The maximum absolute atomic E-state index is 11.2. The number of carboxylic acids is 1. The van der Waals surface area contributed by atoms with Crippen molar-refractivity contribution in [3.05, 3.63) is 24.5 Å². The zero-order valence-electron chi connectivity index (χ0n) is 10.5. The Labute approximate surface area is 106 Å². The summed E-state index contributed by atoms with van der Waals surface area (Å²) in [6, 6.07) is 3.73. The van der Waals surface area contributed by atoms with Gasteiger partial charge < -0.3 is 14.7 Å². The molecule has 0 radical (unpaired) electrons. The van der Waals surface area contributed by atoms with Crippen molar-refractivity contribution in [2.24, 2.45) is 5.92 Å². The fourth-order valence-corrected chi connectivity index (χ4v) is 2.35. The second kappa shape index (κ2) is 5.82. The number of nitrogens with zero attached hydrogens (tertiary/aromatic N) is 2. The molecule has 0 bridgehead atoms. The Morgan fingerprint density at radius 1 is 1.50 bits per heavy atom. The average molecular weight is 250 g/mol. The minimum absolute atomic E-state index is 0.0927. The van der Waals surface area contributed by atoms with Crippen molar-refractivity contribution in [1.29, 1.82) is 0 Å². The molecule has 2 rings (SSSR count). The summed E-state index contributed by atoms with van der Waals surface area (Å²) < 4.78 is 5.34. The highest BCUT2D eigenvalue weighted by molar-refractivity contribution is 5.72. The highest BCUT2D eigenvalue weighted by Gasteiger charge is 2.37. The Balaban J connectivity index is 2.22. The number of anilines is 1. The number of carbonyl (C=O) groups is 1. The Morgan fingerprint density at radius 2 is 2.22 bits per heavy atom. The second-order valence-corrected chi connectivity index (χ2v) is 4.45. The average Bonchev–Trinajstić information content (AvgIpc) is 2.86. The van der Waals surface area contributed by atoms with Gasteiger partial charge in [0.1, 0.15) is 5.92 Å². The first-order chi connectivity index (χ1) is 8.74. The number of aromatic nitrogens is 1. The normalized spacial score (nSPS) is 22.9. The molecule has 1 aliphatic heterocycles. The van der Waals surface area contributed by atoms with E-state index in [1.807, 2.05) is 12.1 Å². The highest BCUT2D eigenvalue weighted by atomic mass is 16.5. The van der Waals surface area contributed by atoms with Crippen LogP contribution in [0.1, 0.15) is 13.3 Å². The van der Waals surface area contributed by atoms with Gasteiger partial charge in [0.2, 0.25) is 0 Å². The fourth-order valence-electron chi connectivity index (χ4n) is 2.35. The Bertz CT molecular complexity index is 396. The molecule has 1 saturated heterocycles. The van der Waals surface area contributed by atoms with Gasteiger partial charge in [-0.2, -0.15) is 0 Å². The summed E-state index contributed by atoms with van der Waals surface area (Å²) in [4.78, 5) is 17.3. The minimum Gasteiger partial charge on any atom is -0.481 e. The third-order valence-corrected chi connectivity index (χ3v) is 3.23. The topological polar surface area (TPSA) is 62.7 Å². The Hall–Kier alpha value is -1.62. The number of hydrogen-bond acceptors (Lipinski definition) is 4. The van der Waals surface area contributed by atoms with Gasteiger partial charge in [-0.25, -0.2) is 0 Å². The summed E-state index contributed by atoms with van der Waals surface area (Å²) in [6.45, 7) is 3.67. The van der Waals surface area contributed by atoms with E-state index in [1.54, 1.807) is 12.4 Å². The minimum atomic E-state index is -0.785. The van der Waals surface area contributed by atoms with Gasteiger partial charge in [0, 0.05) is 24.6 Å². The first-order valence-corrected chi connectivity index (χ1v) is 6.21. The summed E-state index contributed by atoms with van der Waals surface area (Å²) >= 11 is 0. The molecule has 0 aromatic carbocycles. The zero-order valence-corrected chi connectivity index (χ0v) is 10.5. The SMILES string of the molecule is CCCN(c1ccncc1)C1COCC1C(=O)O. The van der Waals surface area contributed by atoms with E-state index in [0.29, 0.717) is 13.2 Å². The van der Waals surface area contributed by atoms with E-state index in [-0.39, 0.29) is 6.04 Å². The van der Waals surface area contributed by atoms with Crippen LogP contribution >= 0.6 is 0 Å². The molecule has 0 spiro atoms. The van der Waals surface area contributed by atoms with E-state index in [2.05, 4.69) is 16.8 Å². The lowest BCUT2D eigenvalue weighted by Gasteiger charge is -2.32. The van der Waals surface area contributed by atoms with Crippen LogP contribution in [0.2, 0.25) is 0 Å². The monoisotopic (exact) mass is 250 g/mol. The van der Waals surface area contributed by atoms with Gasteiger partial charge in [-0.15, -0.1) is 0 Å². The van der Waals surface area contributed by atoms with Crippen LogP contribution in [0.3, 0.4) is 0 Å². The molecule has 2 heterocycles. The van der Waals surface area contributed by atoms with Gasteiger partial charge in [-0.3, -0.25) is 9.78 Å². The maximum Gasteiger partial charge on any atom is 0.311 e. The smallest absolute Gasteiger partial charge is 0.311 e. The highest BCUT2D eigenvalue weighted by Crippen LogP contribution is 2.25. The lowest BCUT2D eigenvalue weighted by Crippen LogP contribution is -2.43. The summed E-state index contributed by atoms with van der Waals surface area (Å²) in [5, 5.41) is 9.23. The molecular weight excluding hydrogens is 232 g/mol. The molecule has 5 nitrogen and oxygen atoms in total. The number of pyridine rings is 1. The molecule has 1 N–H and O–H groups in total. The molecule has 2 atom stereocenters. The van der Waals surface area contributed by atoms with Gasteiger partial charge in [0.05, 0.1) is 19.3 Å². The Morgan fingerprint density at radius 3 is 2.83 bits per heavy atom. The summed E-state index contributed by atoms with van der Waals surface area (Å²) in [6.07, 6.45) is 4.41. The molecule has 5 heteroatoms. The quantitative estimate of drug-likeness (QED) is 0.855. The lowest BCUT2D eigenvalue weighted by atomic mass is 10.0. The second-order valence-electron chi connectivity index (χ2n) is 4.45.